The van der Waals surface area contributed by atoms with Crippen LogP contribution in [0, 0.1) is 0 Å². The zero-order chi connectivity index (χ0) is 12.0. The van der Waals surface area contributed by atoms with Crippen LogP contribution in [0.4, 0.5) is 0 Å². The van der Waals surface area contributed by atoms with Crippen molar-refractivity contribution >= 4 is 15.9 Å². The van der Waals surface area contributed by atoms with Gasteiger partial charge in [0.2, 0.25) is 0 Å². The molecule has 0 aliphatic heterocycles. The Bertz CT molecular complexity index is 342. The van der Waals surface area contributed by atoms with Crippen LogP contribution in [0.15, 0.2) is 16.6 Å². The van der Waals surface area contributed by atoms with E-state index in [1.54, 1.807) is 14.2 Å². The molecule has 3 nitrogen and oxygen atoms in total. The maximum Gasteiger partial charge on any atom is 0.140 e. The average Bonchev–Trinajstić information content (AvgIpc) is 2.30. The van der Waals surface area contributed by atoms with E-state index in [-0.39, 0.29) is 0 Å². The highest BCUT2D eigenvalue weighted by atomic mass is 79.9. The number of nitrogens with one attached hydrogen (secondary N) is 1. The minimum atomic E-state index is 0.795. The van der Waals surface area contributed by atoms with Crippen molar-refractivity contribution in [1.82, 2.24) is 5.32 Å². The lowest BCUT2D eigenvalue weighted by Gasteiger charge is -2.13. The summed E-state index contributed by atoms with van der Waals surface area (Å²) in [7, 11) is 3.33. The summed E-state index contributed by atoms with van der Waals surface area (Å²) in [5.41, 5.74) is 1.18. The van der Waals surface area contributed by atoms with Crippen LogP contribution >= 0.6 is 15.9 Å². The third-order valence-corrected chi connectivity index (χ3v) is 3.14. The topological polar surface area (TPSA) is 30.5 Å². The molecule has 0 aromatic heterocycles. The summed E-state index contributed by atoms with van der Waals surface area (Å²) in [6, 6.07) is 3.99. The van der Waals surface area contributed by atoms with E-state index in [9.17, 15) is 0 Å². The van der Waals surface area contributed by atoms with Crippen molar-refractivity contribution in [2.45, 2.75) is 13.3 Å². The van der Waals surface area contributed by atoms with Crippen LogP contribution < -0.4 is 14.8 Å². The molecule has 0 fully saturated rings. The number of halogens is 1. The Kier molecular flexibility index (Phi) is 5.63. The third-order valence-electron chi connectivity index (χ3n) is 2.39. The lowest BCUT2D eigenvalue weighted by molar-refractivity contribution is 0.386. The van der Waals surface area contributed by atoms with E-state index in [1.807, 2.05) is 12.1 Å². The first-order valence-electron chi connectivity index (χ1n) is 5.34. The Morgan fingerprint density at radius 3 is 2.56 bits per heavy atom. The lowest BCUT2D eigenvalue weighted by atomic mass is 10.1. The Morgan fingerprint density at radius 2 is 2.00 bits per heavy atom. The first-order chi connectivity index (χ1) is 7.74. The summed E-state index contributed by atoms with van der Waals surface area (Å²) in [5, 5.41) is 3.29. The van der Waals surface area contributed by atoms with Crippen molar-refractivity contribution in [3.05, 3.63) is 22.2 Å². The van der Waals surface area contributed by atoms with Gasteiger partial charge in [-0.05, 0) is 47.1 Å². The molecule has 0 heterocycles. The lowest BCUT2D eigenvalue weighted by Crippen LogP contribution is -2.16. The van der Waals surface area contributed by atoms with Crippen LogP contribution in [0.5, 0.6) is 11.5 Å². The van der Waals surface area contributed by atoms with Gasteiger partial charge in [0.15, 0.2) is 0 Å². The highest BCUT2D eigenvalue weighted by Gasteiger charge is 2.11. The van der Waals surface area contributed by atoms with Crippen LogP contribution in [-0.4, -0.2) is 27.3 Å². The first-order valence-corrected chi connectivity index (χ1v) is 6.14. The summed E-state index contributed by atoms with van der Waals surface area (Å²) in [5.74, 6) is 1.65. The summed E-state index contributed by atoms with van der Waals surface area (Å²) < 4.78 is 11.5. The standard InChI is InChI=1S/C12H18BrNO2/c1-4-14-8-7-9-5-6-10(15-2)11(13)12(9)16-3/h5-6,14H,4,7-8H2,1-3H3. The zero-order valence-corrected chi connectivity index (χ0v) is 11.6. The second-order valence-corrected chi connectivity index (χ2v) is 4.17. The number of rotatable bonds is 6. The quantitative estimate of drug-likeness (QED) is 0.816. The SMILES string of the molecule is CCNCCc1ccc(OC)c(Br)c1OC. The Labute approximate surface area is 105 Å². The molecular weight excluding hydrogens is 270 g/mol. The second-order valence-electron chi connectivity index (χ2n) is 3.38. The van der Waals surface area contributed by atoms with Crippen LogP contribution in [0.2, 0.25) is 0 Å². The Morgan fingerprint density at radius 1 is 1.25 bits per heavy atom. The second kappa shape index (κ2) is 6.76. The van der Waals surface area contributed by atoms with Gasteiger partial charge in [0, 0.05) is 0 Å². The largest absolute Gasteiger partial charge is 0.495 e. The van der Waals surface area contributed by atoms with Gasteiger partial charge in [-0.15, -0.1) is 0 Å². The molecule has 1 aromatic rings. The molecule has 0 aliphatic rings. The summed E-state index contributed by atoms with van der Waals surface area (Å²) in [6.45, 7) is 4.03. The fourth-order valence-electron chi connectivity index (χ4n) is 1.55. The molecule has 1 aromatic carbocycles. The molecule has 0 atom stereocenters. The molecule has 0 aliphatic carbocycles. The normalized spacial score (nSPS) is 10.2. The minimum absolute atomic E-state index is 0.795. The number of hydrogen-bond donors (Lipinski definition) is 1. The average molecular weight is 288 g/mol. The van der Waals surface area contributed by atoms with Crippen molar-refractivity contribution < 1.29 is 9.47 Å². The van der Waals surface area contributed by atoms with Crippen molar-refractivity contribution in [3.8, 4) is 11.5 Å². The first kappa shape index (κ1) is 13.3. The van der Waals surface area contributed by atoms with E-state index in [0.717, 1.165) is 35.5 Å². The van der Waals surface area contributed by atoms with Gasteiger partial charge in [-0.1, -0.05) is 13.0 Å². The van der Waals surface area contributed by atoms with Gasteiger partial charge in [-0.3, -0.25) is 0 Å². The molecule has 0 saturated carbocycles. The van der Waals surface area contributed by atoms with Gasteiger partial charge in [0.1, 0.15) is 16.0 Å². The van der Waals surface area contributed by atoms with E-state index < -0.39 is 0 Å². The van der Waals surface area contributed by atoms with Crippen LogP contribution in [0.1, 0.15) is 12.5 Å². The highest BCUT2D eigenvalue weighted by Crippen LogP contribution is 2.37. The number of ether oxygens (including phenoxy) is 2. The molecule has 0 radical (unpaired) electrons. The van der Waals surface area contributed by atoms with Gasteiger partial charge in [-0.25, -0.2) is 0 Å². The minimum Gasteiger partial charge on any atom is -0.495 e. The van der Waals surface area contributed by atoms with Crippen molar-refractivity contribution in [3.63, 3.8) is 0 Å². The fourth-order valence-corrected chi connectivity index (χ4v) is 2.26. The fraction of sp³-hybridized carbons (Fsp3) is 0.500. The molecule has 0 bridgehead atoms. The monoisotopic (exact) mass is 287 g/mol. The maximum atomic E-state index is 5.39. The molecule has 90 valence electrons. The van der Waals surface area contributed by atoms with E-state index in [1.165, 1.54) is 5.56 Å². The zero-order valence-electron chi connectivity index (χ0n) is 9.97. The molecule has 0 unspecified atom stereocenters. The summed E-state index contributed by atoms with van der Waals surface area (Å²) in [6.07, 6.45) is 0.944. The van der Waals surface area contributed by atoms with Crippen LogP contribution in [-0.2, 0) is 6.42 Å². The smallest absolute Gasteiger partial charge is 0.140 e. The molecular formula is C12H18BrNO2. The molecule has 1 N–H and O–H groups in total. The van der Waals surface area contributed by atoms with E-state index >= 15 is 0 Å². The highest BCUT2D eigenvalue weighted by molar-refractivity contribution is 9.10. The maximum absolute atomic E-state index is 5.39. The number of likely N-dealkylation sites (N-methyl/N-ethyl adjacent to an activating group) is 1. The van der Waals surface area contributed by atoms with Crippen LogP contribution in [0.25, 0.3) is 0 Å². The molecule has 16 heavy (non-hydrogen) atoms. The van der Waals surface area contributed by atoms with Gasteiger partial charge in [0.05, 0.1) is 14.2 Å². The van der Waals surface area contributed by atoms with Crippen molar-refractivity contribution in [2.24, 2.45) is 0 Å². The Balaban J connectivity index is 2.88. The number of benzene rings is 1. The van der Waals surface area contributed by atoms with E-state index in [0.29, 0.717) is 0 Å². The van der Waals surface area contributed by atoms with Crippen molar-refractivity contribution in [1.29, 1.82) is 0 Å². The van der Waals surface area contributed by atoms with Gasteiger partial charge in [-0.2, -0.15) is 0 Å². The van der Waals surface area contributed by atoms with E-state index in [2.05, 4.69) is 28.2 Å². The summed E-state index contributed by atoms with van der Waals surface area (Å²) >= 11 is 3.49. The Hall–Kier alpha value is -0.740. The van der Waals surface area contributed by atoms with Crippen molar-refractivity contribution in [2.75, 3.05) is 27.3 Å². The summed E-state index contributed by atoms with van der Waals surface area (Å²) in [4.78, 5) is 0. The molecule has 0 spiro atoms. The third kappa shape index (κ3) is 3.12. The van der Waals surface area contributed by atoms with Gasteiger partial charge < -0.3 is 14.8 Å². The predicted octanol–water partition coefficient (Wildman–Crippen LogP) is 2.62. The molecule has 4 heteroatoms. The van der Waals surface area contributed by atoms with Crippen LogP contribution in [0.3, 0.4) is 0 Å². The van der Waals surface area contributed by atoms with Gasteiger partial charge >= 0.3 is 0 Å². The molecule has 1 rings (SSSR count). The molecule has 0 amide bonds. The number of methoxy groups -OCH3 is 2. The van der Waals surface area contributed by atoms with E-state index in [4.69, 9.17) is 9.47 Å². The predicted molar refractivity (Wildman–Crippen MR) is 69.5 cm³/mol. The van der Waals surface area contributed by atoms with Gasteiger partial charge in [0.25, 0.3) is 0 Å². The number of hydrogen-bond acceptors (Lipinski definition) is 3. The molecule has 0 saturated heterocycles.